The molecule has 0 aromatic rings. The molecule has 0 radical (unpaired) electrons. The highest BCUT2D eigenvalue weighted by Gasteiger charge is 2.58. The number of carbonyl (C=O) groups is 5. The van der Waals surface area contributed by atoms with Gasteiger partial charge in [-0.05, 0) is 26.2 Å². The van der Waals surface area contributed by atoms with Gasteiger partial charge in [0, 0.05) is 41.2 Å². The molecule has 10 atom stereocenters. The molecule has 3 saturated heterocycles. The summed E-state index contributed by atoms with van der Waals surface area (Å²) < 4.78 is 58.3. The molecule has 0 aliphatic carbocycles. The largest absolute Gasteiger partial charge is 0.463 e. The molecule has 16 heteroatoms. The minimum atomic E-state index is -1.38. The Morgan fingerprint density at radius 1 is 0.804 bits per heavy atom. The van der Waals surface area contributed by atoms with Gasteiger partial charge in [-0.15, -0.1) is 0 Å². The molecule has 1 amide bonds. The Morgan fingerprint density at radius 2 is 1.46 bits per heavy atom. The molecule has 0 aromatic carbocycles. The lowest BCUT2D eigenvalue weighted by Crippen LogP contribution is -2.67. The third kappa shape index (κ3) is 10.6. The fourth-order valence-corrected chi connectivity index (χ4v) is 5.46. The molecule has 0 spiro atoms. The van der Waals surface area contributed by atoms with Gasteiger partial charge < -0.3 is 52.7 Å². The van der Waals surface area contributed by atoms with E-state index in [9.17, 15) is 24.0 Å². The number of ether oxygens (including phenoxy) is 10. The van der Waals surface area contributed by atoms with Crippen LogP contribution in [0, 0.1) is 5.92 Å². The summed E-state index contributed by atoms with van der Waals surface area (Å²) in [6, 6.07) is -1.22. The quantitative estimate of drug-likeness (QED) is 0.204. The predicted molar refractivity (Wildman–Crippen MR) is 153 cm³/mol. The summed E-state index contributed by atoms with van der Waals surface area (Å²) in [7, 11) is 0. The predicted octanol–water partition coefficient (Wildman–Crippen LogP) is 0.899. The highest BCUT2D eigenvalue weighted by molar-refractivity contribution is 5.73. The molecule has 3 aliphatic heterocycles. The molecule has 3 heterocycles. The monoisotopic (exact) mass is 661 g/mol. The summed E-state index contributed by atoms with van der Waals surface area (Å²) in [6.07, 6.45) is -8.58. The fourth-order valence-electron chi connectivity index (χ4n) is 5.46. The molecule has 1 N–H and O–H groups in total. The van der Waals surface area contributed by atoms with Crippen molar-refractivity contribution in [1.29, 1.82) is 0 Å². The van der Waals surface area contributed by atoms with Crippen LogP contribution in [-0.2, 0) is 71.3 Å². The van der Waals surface area contributed by atoms with Crippen molar-refractivity contribution in [2.75, 3.05) is 19.8 Å². The Labute approximate surface area is 268 Å². The van der Waals surface area contributed by atoms with Crippen LogP contribution in [0.4, 0.5) is 0 Å². The first-order valence-electron chi connectivity index (χ1n) is 15.3. The molecule has 0 saturated carbocycles. The SMILES string of the molecule is CC(=O)N[C@@H]1[C@H](OC[C@H](OC(C)=O)[C@@H]2O[C@@H]3OC(C)(C)O[C@@H]3[C@@H]2OCCC(C)C)O[C@H](COC(C)=O)[C@@H](OC(C)=O)[C@H]1OC(C)=O. The summed E-state index contributed by atoms with van der Waals surface area (Å²) in [5.41, 5.74) is 0. The molecule has 0 unspecified atom stereocenters. The van der Waals surface area contributed by atoms with Crippen molar-refractivity contribution in [2.45, 2.75) is 136 Å². The van der Waals surface area contributed by atoms with Gasteiger partial charge in [0.2, 0.25) is 5.91 Å². The van der Waals surface area contributed by atoms with Gasteiger partial charge in [0.25, 0.3) is 0 Å². The van der Waals surface area contributed by atoms with E-state index < -0.39 is 104 Å². The van der Waals surface area contributed by atoms with Crippen LogP contribution in [0.2, 0.25) is 0 Å². The van der Waals surface area contributed by atoms with Gasteiger partial charge in [0.05, 0.1) is 6.61 Å². The number of hydrogen-bond acceptors (Lipinski definition) is 15. The van der Waals surface area contributed by atoms with Gasteiger partial charge in [-0.3, -0.25) is 24.0 Å². The van der Waals surface area contributed by atoms with E-state index in [1.807, 2.05) is 0 Å². The van der Waals surface area contributed by atoms with Gasteiger partial charge in [0.15, 0.2) is 36.7 Å². The standard InChI is InChI=1S/C30H47NO15/c1-14(2)10-11-37-26-24(44-29-27(26)45-30(8,9)46-29)20(40-17(5)34)13-39-28-22(31-15(3)32)25(42-19(7)36)23(41-18(6)35)21(43-28)12-38-16(4)33/h14,20-29H,10-13H2,1-9H3,(H,31,32)/t20-,21+,22-,23+,24-,25-,26+,27+,28+,29+/m0/s1. The van der Waals surface area contributed by atoms with E-state index >= 15 is 0 Å². The van der Waals surface area contributed by atoms with Crippen LogP contribution in [0.15, 0.2) is 0 Å². The highest BCUT2D eigenvalue weighted by Crippen LogP contribution is 2.40. The Morgan fingerprint density at radius 3 is 2.02 bits per heavy atom. The first kappa shape index (κ1) is 37.6. The number of rotatable bonds is 14. The van der Waals surface area contributed by atoms with Crippen molar-refractivity contribution in [3.8, 4) is 0 Å². The van der Waals surface area contributed by atoms with Gasteiger partial charge in [-0.25, -0.2) is 0 Å². The van der Waals surface area contributed by atoms with Crippen molar-refractivity contribution < 1.29 is 71.3 Å². The minimum Gasteiger partial charge on any atom is -0.463 e. The summed E-state index contributed by atoms with van der Waals surface area (Å²) in [5, 5.41) is 2.63. The van der Waals surface area contributed by atoms with E-state index in [2.05, 4.69) is 19.2 Å². The van der Waals surface area contributed by atoms with Crippen molar-refractivity contribution in [2.24, 2.45) is 5.92 Å². The zero-order chi connectivity index (χ0) is 34.3. The zero-order valence-electron chi connectivity index (χ0n) is 27.8. The number of amides is 1. The van der Waals surface area contributed by atoms with E-state index in [0.29, 0.717) is 12.5 Å². The third-order valence-corrected chi connectivity index (χ3v) is 7.21. The van der Waals surface area contributed by atoms with Gasteiger partial charge in [-0.1, -0.05) is 13.8 Å². The third-order valence-electron chi connectivity index (χ3n) is 7.21. The van der Waals surface area contributed by atoms with Crippen molar-refractivity contribution in [3.63, 3.8) is 0 Å². The average molecular weight is 662 g/mol. The van der Waals surface area contributed by atoms with Gasteiger partial charge in [0.1, 0.15) is 37.1 Å². The highest BCUT2D eigenvalue weighted by atomic mass is 16.8. The average Bonchev–Trinajstić information content (AvgIpc) is 3.38. The Hall–Kier alpha value is -2.89. The number of nitrogens with one attached hydrogen (secondary N) is 1. The van der Waals surface area contributed by atoms with Gasteiger partial charge in [-0.2, -0.15) is 0 Å². The van der Waals surface area contributed by atoms with Crippen LogP contribution in [0.5, 0.6) is 0 Å². The van der Waals surface area contributed by atoms with Crippen LogP contribution < -0.4 is 5.32 Å². The zero-order valence-corrected chi connectivity index (χ0v) is 27.8. The number of carbonyl (C=O) groups excluding carboxylic acids is 5. The molecule has 0 bridgehead atoms. The second kappa shape index (κ2) is 16.3. The molecular formula is C30H47NO15. The lowest BCUT2D eigenvalue weighted by molar-refractivity contribution is -0.287. The summed E-state index contributed by atoms with van der Waals surface area (Å²) in [6.45, 7) is 13.1. The maximum absolute atomic E-state index is 12.3. The van der Waals surface area contributed by atoms with Crippen LogP contribution in [0.1, 0.15) is 68.7 Å². The van der Waals surface area contributed by atoms with Crippen LogP contribution in [0.25, 0.3) is 0 Å². The maximum Gasteiger partial charge on any atom is 0.303 e. The topological polar surface area (TPSA) is 190 Å². The molecule has 16 nitrogen and oxygen atoms in total. The molecule has 3 aliphatic rings. The lowest BCUT2D eigenvalue weighted by atomic mass is 9.96. The van der Waals surface area contributed by atoms with E-state index in [1.54, 1.807) is 13.8 Å². The number of hydrogen-bond donors (Lipinski definition) is 1. The lowest BCUT2D eigenvalue weighted by Gasteiger charge is -2.45. The van der Waals surface area contributed by atoms with E-state index in [1.165, 1.54) is 20.8 Å². The van der Waals surface area contributed by atoms with Crippen LogP contribution >= 0.6 is 0 Å². The Balaban J connectivity index is 1.91. The first-order chi connectivity index (χ1) is 21.5. The molecule has 0 aromatic heterocycles. The summed E-state index contributed by atoms with van der Waals surface area (Å²) in [5.74, 6) is -3.90. The molecule has 3 fully saturated rings. The fraction of sp³-hybridized carbons (Fsp3) is 0.833. The second-order valence-electron chi connectivity index (χ2n) is 12.3. The summed E-state index contributed by atoms with van der Waals surface area (Å²) in [4.78, 5) is 60.4. The maximum atomic E-state index is 12.3. The number of esters is 4. The molecule has 46 heavy (non-hydrogen) atoms. The number of fused-ring (bicyclic) bond motifs is 1. The molecule has 262 valence electrons. The smallest absolute Gasteiger partial charge is 0.303 e. The van der Waals surface area contributed by atoms with Crippen molar-refractivity contribution >= 4 is 29.8 Å². The van der Waals surface area contributed by atoms with E-state index in [-0.39, 0.29) is 6.61 Å². The Kier molecular flexibility index (Phi) is 13.3. The van der Waals surface area contributed by atoms with Crippen LogP contribution in [-0.4, -0.2) is 117 Å². The normalized spacial score (nSPS) is 32.3. The van der Waals surface area contributed by atoms with E-state index in [4.69, 9.17) is 47.4 Å². The van der Waals surface area contributed by atoms with Gasteiger partial charge >= 0.3 is 23.9 Å². The van der Waals surface area contributed by atoms with Crippen molar-refractivity contribution in [3.05, 3.63) is 0 Å². The Bertz CT molecular complexity index is 1100. The van der Waals surface area contributed by atoms with Crippen molar-refractivity contribution in [1.82, 2.24) is 5.32 Å². The van der Waals surface area contributed by atoms with Crippen LogP contribution in [0.3, 0.4) is 0 Å². The first-order valence-corrected chi connectivity index (χ1v) is 15.3. The summed E-state index contributed by atoms with van der Waals surface area (Å²) >= 11 is 0. The van der Waals surface area contributed by atoms with E-state index in [0.717, 1.165) is 20.3 Å². The minimum absolute atomic E-state index is 0.358. The molecule has 3 rings (SSSR count). The molecular weight excluding hydrogens is 614 g/mol. The second-order valence-corrected chi connectivity index (χ2v) is 12.3.